The summed E-state index contributed by atoms with van der Waals surface area (Å²) < 4.78 is 5.59. The lowest BCUT2D eigenvalue weighted by Crippen LogP contribution is -2.22. The number of nitrogens with zero attached hydrogens (tertiary/aromatic N) is 3. The van der Waals surface area contributed by atoms with Gasteiger partial charge >= 0.3 is 6.01 Å². The molecule has 1 N–H and O–H groups in total. The number of nitrogens with one attached hydrogen (secondary N) is 1. The molecule has 0 radical (unpaired) electrons. The Labute approximate surface area is 125 Å². The second kappa shape index (κ2) is 7.69. The summed E-state index contributed by atoms with van der Waals surface area (Å²) in [5.74, 6) is 0. The molecule has 2 aromatic heterocycles. The Balaban J connectivity index is 1.85. The third kappa shape index (κ3) is 5.11. The van der Waals surface area contributed by atoms with Gasteiger partial charge in [-0.25, -0.2) is 9.97 Å². The first-order chi connectivity index (χ1) is 10.1. The molecule has 2 heterocycles. The fraction of sp³-hybridized carbons (Fsp3) is 0.438. The van der Waals surface area contributed by atoms with E-state index in [2.05, 4.69) is 34.1 Å². The van der Waals surface area contributed by atoms with E-state index in [9.17, 15) is 0 Å². The first kappa shape index (κ1) is 15.4. The minimum Gasteiger partial charge on any atom is -0.463 e. The van der Waals surface area contributed by atoms with E-state index < -0.39 is 0 Å². The van der Waals surface area contributed by atoms with Crippen LogP contribution in [-0.4, -0.2) is 27.6 Å². The number of ether oxygens (including phenoxy) is 1. The van der Waals surface area contributed by atoms with Crippen LogP contribution in [0.1, 0.15) is 30.8 Å². The number of aromatic nitrogens is 3. The number of rotatable bonds is 7. The molecule has 2 rings (SSSR count). The van der Waals surface area contributed by atoms with Gasteiger partial charge in [-0.1, -0.05) is 19.9 Å². The monoisotopic (exact) mass is 286 g/mol. The molecule has 5 heteroatoms. The normalized spacial score (nSPS) is 10.9. The summed E-state index contributed by atoms with van der Waals surface area (Å²) in [6.45, 7) is 7.51. The van der Waals surface area contributed by atoms with E-state index in [0.717, 1.165) is 29.9 Å². The molecule has 0 spiro atoms. The molecular weight excluding hydrogens is 264 g/mol. The van der Waals surface area contributed by atoms with Crippen LogP contribution in [0.3, 0.4) is 0 Å². The summed E-state index contributed by atoms with van der Waals surface area (Å²) in [6.07, 6.45) is 4.36. The molecule has 0 saturated carbocycles. The van der Waals surface area contributed by atoms with E-state index in [1.54, 1.807) is 6.20 Å². The van der Waals surface area contributed by atoms with Gasteiger partial charge in [0.15, 0.2) is 0 Å². The topological polar surface area (TPSA) is 59.9 Å². The minimum atomic E-state index is 0.428. The average molecular weight is 286 g/mol. The van der Waals surface area contributed by atoms with Crippen molar-refractivity contribution in [3.8, 4) is 6.01 Å². The molecule has 21 heavy (non-hydrogen) atoms. The lowest BCUT2D eigenvalue weighted by molar-refractivity contribution is 0.294. The Bertz CT molecular complexity index is 557. The second-order valence-corrected chi connectivity index (χ2v) is 5.22. The highest BCUT2D eigenvalue weighted by Crippen LogP contribution is 2.09. The third-order valence-electron chi connectivity index (χ3n) is 3.08. The van der Waals surface area contributed by atoms with E-state index in [1.165, 1.54) is 0 Å². The fourth-order valence-electron chi connectivity index (χ4n) is 1.82. The molecule has 2 aromatic rings. The fourth-order valence-corrected chi connectivity index (χ4v) is 1.82. The third-order valence-corrected chi connectivity index (χ3v) is 3.08. The van der Waals surface area contributed by atoms with Gasteiger partial charge in [0.2, 0.25) is 0 Å². The molecule has 0 fully saturated rings. The van der Waals surface area contributed by atoms with Crippen LogP contribution < -0.4 is 10.1 Å². The van der Waals surface area contributed by atoms with Crippen LogP contribution in [0, 0.1) is 6.92 Å². The van der Waals surface area contributed by atoms with Gasteiger partial charge in [0.25, 0.3) is 0 Å². The number of pyridine rings is 1. The molecule has 0 aliphatic heterocycles. The van der Waals surface area contributed by atoms with Gasteiger partial charge in [0.1, 0.15) is 0 Å². The van der Waals surface area contributed by atoms with Crippen molar-refractivity contribution < 1.29 is 4.74 Å². The number of hydrogen-bond donors (Lipinski definition) is 1. The van der Waals surface area contributed by atoms with Crippen molar-refractivity contribution >= 4 is 0 Å². The predicted octanol–water partition coefficient (Wildman–Crippen LogP) is 2.30. The highest BCUT2D eigenvalue weighted by atomic mass is 16.5. The summed E-state index contributed by atoms with van der Waals surface area (Å²) in [7, 11) is 0. The lowest BCUT2D eigenvalue weighted by Gasteiger charge is -2.10. The van der Waals surface area contributed by atoms with Crippen molar-refractivity contribution in [1.82, 2.24) is 20.3 Å². The van der Waals surface area contributed by atoms with Gasteiger partial charge in [-0.3, -0.25) is 4.98 Å². The summed E-state index contributed by atoms with van der Waals surface area (Å²) in [6, 6.07) is 6.73. The summed E-state index contributed by atoms with van der Waals surface area (Å²) in [4.78, 5) is 12.9. The summed E-state index contributed by atoms with van der Waals surface area (Å²) in [5, 5.41) is 3.36. The zero-order valence-electron chi connectivity index (χ0n) is 12.8. The molecule has 0 bridgehead atoms. The van der Waals surface area contributed by atoms with Crippen LogP contribution in [-0.2, 0) is 13.0 Å². The lowest BCUT2D eigenvalue weighted by atomic mass is 10.2. The minimum absolute atomic E-state index is 0.428. The van der Waals surface area contributed by atoms with Gasteiger partial charge in [0.05, 0.1) is 6.61 Å². The van der Waals surface area contributed by atoms with E-state index in [1.807, 2.05) is 31.3 Å². The van der Waals surface area contributed by atoms with Crippen LogP contribution in [0.4, 0.5) is 0 Å². The van der Waals surface area contributed by atoms with Gasteiger partial charge in [0, 0.05) is 48.4 Å². The number of hydrogen-bond acceptors (Lipinski definition) is 5. The Morgan fingerprint density at radius 2 is 2.10 bits per heavy atom. The highest BCUT2D eigenvalue weighted by Gasteiger charge is 2.05. The first-order valence-corrected chi connectivity index (χ1v) is 7.24. The maximum atomic E-state index is 5.59. The van der Waals surface area contributed by atoms with Crippen molar-refractivity contribution in [2.24, 2.45) is 0 Å². The highest BCUT2D eigenvalue weighted by molar-refractivity contribution is 5.17. The van der Waals surface area contributed by atoms with E-state index in [4.69, 9.17) is 4.74 Å². The van der Waals surface area contributed by atoms with Crippen LogP contribution >= 0.6 is 0 Å². The molecule has 0 aromatic carbocycles. The quantitative estimate of drug-likeness (QED) is 0.846. The Hall–Kier alpha value is -2.01. The van der Waals surface area contributed by atoms with Crippen molar-refractivity contribution in [3.63, 3.8) is 0 Å². The zero-order valence-corrected chi connectivity index (χ0v) is 12.8. The number of aryl methyl sites for hydroxylation is 1. The first-order valence-electron chi connectivity index (χ1n) is 7.24. The van der Waals surface area contributed by atoms with Crippen molar-refractivity contribution in [2.45, 2.75) is 39.8 Å². The van der Waals surface area contributed by atoms with Crippen LogP contribution in [0.15, 0.2) is 30.6 Å². The Kier molecular flexibility index (Phi) is 5.63. The largest absolute Gasteiger partial charge is 0.463 e. The smallest absolute Gasteiger partial charge is 0.316 e. The summed E-state index contributed by atoms with van der Waals surface area (Å²) in [5.41, 5.74) is 3.05. The molecule has 0 aliphatic rings. The molecular formula is C16H22N4O. The van der Waals surface area contributed by atoms with Crippen LogP contribution in [0.5, 0.6) is 6.01 Å². The maximum Gasteiger partial charge on any atom is 0.316 e. The zero-order chi connectivity index (χ0) is 15.1. The maximum absolute atomic E-state index is 5.59. The SMILES string of the molecule is Cc1nc(OCCc2ccccn2)ncc1CNC(C)C. The van der Waals surface area contributed by atoms with Gasteiger partial charge in [-0.05, 0) is 19.1 Å². The molecule has 0 atom stereocenters. The van der Waals surface area contributed by atoms with Crippen molar-refractivity contribution in [3.05, 3.63) is 47.5 Å². The molecule has 112 valence electrons. The van der Waals surface area contributed by atoms with E-state index >= 15 is 0 Å². The van der Waals surface area contributed by atoms with Crippen molar-refractivity contribution in [2.75, 3.05) is 6.61 Å². The molecule has 0 amide bonds. The standard InChI is InChI=1S/C16H22N4O/c1-12(2)18-10-14-11-19-16(20-13(14)3)21-9-7-15-6-4-5-8-17-15/h4-6,8,11-12,18H,7,9-10H2,1-3H3. The van der Waals surface area contributed by atoms with Crippen LogP contribution in [0.2, 0.25) is 0 Å². The van der Waals surface area contributed by atoms with Gasteiger partial charge < -0.3 is 10.1 Å². The molecule has 0 aliphatic carbocycles. The Morgan fingerprint density at radius 1 is 1.24 bits per heavy atom. The van der Waals surface area contributed by atoms with E-state index in [0.29, 0.717) is 18.7 Å². The van der Waals surface area contributed by atoms with Crippen LogP contribution in [0.25, 0.3) is 0 Å². The summed E-state index contributed by atoms with van der Waals surface area (Å²) >= 11 is 0. The average Bonchev–Trinajstić information content (AvgIpc) is 2.47. The molecule has 0 saturated heterocycles. The molecule has 0 unspecified atom stereocenters. The second-order valence-electron chi connectivity index (χ2n) is 5.22. The van der Waals surface area contributed by atoms with Crippen molar-refractivity contribution in [1.29, 1.82) is 0 Å². The Morgan fingerprint density at radius 3 is 2.76 bits per heavy atom. The van der Waals surface area contributed by atoms with E-state index in [-0.39, 0.29) is 0 Å². The predicted molar refractivity (Wildman–Crippen MR) is 82.2 cm³/mol. The van der Waals surface area contributed by atoms with Gasteiger partial charge in [-0.15, -0.1) is 0 Å². The van der Waals surface area contributed by atoms with Gasteiger partial charge in [-0.2, -0.15) is 0 Å². The molecule has 5 nitrogen and oxygen atoms in total.